The Morgan fingerprint density at radius 3 is 2.62 bits per heavy atom. The van der Waals surface area contributed by atoms with Crippen molar-refractivity contribution in [1.29, 1.82) is 0 Å². The first kappa shape index (κ1) is 20.7. The molecule has 0 aliphatic heterocycles. The van der Waals surface area contributed by atoms with E-state index < -0.39 is 27.0 Å². The Bertz CT molecular complexity index is 1200. The molecule has 0 aliphatic carbocycles. The average Bonchev–Trinajstić information content (AvgIpc) is 3.01. The Morgan fingerprint density at radius 2 is 1.93 bits per heavy atom. The zero-order valence-electron chi connectivity index (χ0n) is 15.7. The van der Waals surface area contributed by atoms with Crippen LogP contribution in [0.3, 0.4) is 0 Å². The number of halogens is 3. The van der Waals surface area contributed by atoms with Crippen LogP contribution in [0, 0.1) is 11.8 Å². The smallest absolute Gasteiger partial charge is 0.291 e. The summed E-state index contributed by atoms with van der Waals surface area (Å²) in [5.74, 6) is 5.48. The van der Waals surface area contributed by atoms with Crippen molar-refractivity contribution < 1.29 is 21.6 Å². The van der Waals surface area contributed by atoms with Crippen LogP contribution in [0.5, 0.6) is 0 Å². The predicted octanol–water partition coefficient (Wildman–Crippen LogP) is 4.29. The minimum absolute atomic E-state index is 0.0379. The molecule has 2 aromatic heterocycles. The quantitative estimate of drug-likeness (QED) is 0.639. The number of hydrogen-bond donors (Lipinski definition) is 1. The summed E-state index contributed by atoms with van der Waals surface area (Å²) in [6.07, 6.45) is -2.41. The number of sulfonamides is 1. The van der Waals surface area contributed by atoms with E-state index in [1.54, 1.807) is 42.6 Å². The first-order valence-corrected chi connectivity index (χ1v) is 10.3. The molecule has 1 unspecified atom stereocenters. The highest BCUT2D eigenvalue weighted by Crippen LogP contribution is 2.29. The lowest BCUT2D eigenvalue weighted by Crippen LogP contribution is -2.25. The van der Waals surface area contributed by atoms with Gasteiger partial charge in [-0.1, -0.05) is 25.0 Å². The van der Waals surface area contributed by atoms with Gasteiger partial charge in [0.15, 0.2) is 5.82 Å². The Kier molecular flexibility index (Phi) is 5.57. The van der Waals surface area contributed by atoms with E-state index in [9.17, 15) is 21.6 Å². The average molecular weight is 421 g/mol. The molecule has 0 radical (unpaired) electrons. The van der Waals surface area contributed by atoms with Crippen LogP contribution < -0.4 is 4.72 Å². The summed E-state index contributed by atoms with van der Waals surface area (Å²) in [6, 6.07) is 9.76. The third kappa shape index (κ3) is 4.54. The van der Waals surface area contributed by atoms with Crippen LogP contribution >= 0.6 is 0 Å². The summed E-state index contributed by atoms with van der Waals surface area (Å²) < 4.78 is 67.7. The molecule has 3 aromatic rings. The lowest BCUT2D eigenvalue weighted by molar-refractivity contribution is -0.137. The molecule has 0 bridgehead atoms. The maximum absolute atomic E-state index is 12.9. The first-order valence-electron chi connectivity index (χ1n) is 8.80. The van der Waals surface area contributed by atoms with Crippen LogP contribution in [0.2, 0.25) is 0 Å². The van der Waals surface area contributed by atoms with E-state index in [0.717, 1.165) is 12.1 Å². The number of rotatable bonds is 4. The summed E-state index contributed by atoms with van der Waals surface area (Å²) >= 11 is 0. The van der Waals surface area contributed by atoms with Gasteiger partial charge in [-0.25, -0.2) is 13.4 Å². The molecule has 0 fully saturated rings. The third-order valence-electron chi connectivity index (χ3n) is 4.39. The third-order valence-corrected chi connectivity index (χ3v) is 6.26. The maximum atomic E-state index is 12.9. The second kappa shape index (κ2) is 7.79. The summed E-state index contributed by atoms with van der Waals surface area (Å²) in [4.78, 5) is 4.27. The topological polar surface area (TPSA) is 63.5 Å². The van der Waals surface area contributed by atoms with Crippen molar-refractivity contribution in [3.63, 3.8) is 0 Å². The van der Waals surface area contributed by atoms with E-state index in [2.05, 4.69) is 21.5 Å². The van der Waals surface area contributed by atoms with Crippen molar-refractivity contribution in [2.75, 3.05) is 4.72 Å². The highest BCUT2D eigenvalue weighted by molar-refractivity contribution is 7.93. The highest BCUT2D eigenvalue weighted by Gasteiger charge is 2.30. The molecule has 29 heavy (non-hydrogen) atoms. The Hall–Kier alpha value is -2.99. The van der Waals surface area contributed by atoms with Crippen molar-refractivity contribution >= 4 is 21.5 Å². The number of aromatic nitrogens is 2. The largest absolute Gasteiger partial charge is 0.416 e. The maximum Gasteiger partial charge on any atom is 0.416 e. The number of pyridine rings is 1. The van der Waals surface area contributed by atoms with Crippen LogP contribution in [0.25, 0.3) is 5.65 Å². The zero-order chi connectivity index (χ0) is 21.2. The summed E-state index contributed by atoms with van der Waals surface area (Å²) in [5.41, 5.74) is 0.0502. The van der Waals surface area contributed by atoms with E-state index in [4.69, 9.17) is 0 Å². The second-order valence-electron chi connectivity index (χ2n) is 6.43. The minimum atomic E-state index is -4.47. The molecule has 0 saturated heterocycles. The van der Waals surface area contributed by atoms with E-state index in [0.29, 0.717) is 12.1 Å². The molecule has 0 aliphatic rings. The first-order chi connectivity index (χ1) is 13.6. The van der Waals surface area contributed by atoms with E-state index in [1.807, 2.05) is 0 Å². The normalized spacial score (nSPS) is 13.0. The van der Waals surface area contributed by atoms with Gasteiger partial charge in [-0.15, -0.1) is 0 Å². The zero-order valence-corrected chi connectivity index (χ0v) is 16.5. The lowest BCUT2D eigenvalue weighted by Gasteiger charge is -2.11. The Balaban J connectivity index is 2.08. The van der Waals surface area contributed by atoms with Gasteiger partial charge in [0, 0.05) is 11.8 Å². The van der Waals surface area contributed by atoms with E-state index >= 15 is 0 Å². The molecule has 3 rings (SSSR count). The molecule has 2 heterocycles. The monoisotopic (exact) mass is 421 g/mol. The molecule has 0 amide bonds. The van der Waals surface area contributed by atoms with Gasteiger partial charge in [0.25, 0.3) is 0 Å². The number of imidazole rings is 1. The van der Waals surface area contributed by atoms with Gasteiger partial charge < -0.3 is 0 Å². The molecule has 0 saturated carbocycles. The van der Waals surface area contributed by atoms with Gasteiger partial charge >= 0.3 is 6.18 Å². The van der Waals surface area contributed by atoms with Crippen molar-refractivity contribution in [3.05, 3.63) is 65.5 Å². The van der Waals surface area contributed by atoms with Gasteiger partial charge in [-0.05, 0) is 49.6 Å². The molecule has 9 heteroatoms. The SMILES string of the molecule is CCC(C)S(=O)(=O)Nc1nc2ccccn2c1C#Cc1cccc(C(F)(F)F)c1. The molecule has 5 nitrogen and oxygen atoms in total. The molecule has 1 aromatic carbocycles. The fraction of sp³-hybridized carbons (Fsp3) is 0.250. The number of nitrogens with zero attached hydrogens (tertiary/aromatic N) is 2. The summed E-state index contributed by atoms with van der Waals surface area (Å²) in [6.45, 7) is 3.33. The summed E-state index contributed by atoms with van der Waals surface area (Å²) in [5, 5.41) is -0.642. The van der Waals surface area contributed by atoms with E-state index in [1.165, 1.54) is 12.1 Å². The molecule has 1 N–H and O–H groups in total. The second-order valence-corrected chi connectivity index (χ2v) is 8.53. The van der Waals surface area contributed by atoms with Gasteiger partial charge in [0.05, 0.1) is 10.8 Å². The number of fused-ring (bicyclic) bond motifs is 1. The van der Waals surface area contributed by atoms with Crippen molar-refractivity contribution in [1.82, 2.24) is 9.38 Å². The molecule has 1 atom stereocenters. The predicted molar refractivity (Wildman–Crippen MR) is 105 cm³/mol. The number of hydrogen-bond acceptors (Lipinski definition) is 3. The Morgan fingerprint density at radius 1 is 1.17 bits per heavy atom. The van der Waals surface area contributed by atoms with Gasteiger partial charge in [-0.2, -0.15) is 13.2 Å². The van der Waals surface area contributed by atoms with E-state index in [-0.39, 0.29) is 17.1 Å². The summed E-state index contributed by atoms with van der Waals surface area (Å²) in [7, 11) is -3.68. The van der Waals surface area contributed by atoms with Crippen LogP contribution in [-0.4, -0.2) is 23.1 Å². The van der Waals surface area contributed by atoms with Gasteiger partial charge in [0.2, 0.25) is 10.0 Å². The van der Waals surface area contributed by atoms with Crippen molar-refractivity contribution in [2.24, 2.45) is 0 Å². The van der Waals surface area contributed by atoms with Gasteiger partial charge in [-0.3, -0.25) is 9.12 Å². The standard InChI is InChI=1S/C20H18F3N3O2S/c1-3-14(2)29(27,28)25-19-17(26-12-5-4-9-18(26)24-19)11-10-15-7-6-8-16(13-15)20(21,22)23/h4-9,12-14,25H,3H2,1-2H3. The van der Waals surface area contributed by atoms with Crippen molar-refractivity contribution in [3.8, 4) is 11.8 Å². The van der Waals surface area contributed by atoms with Crippen molar-refractivity contribution in [2.45, 2.75) is 31.7 Å². The minimum Gasteiger partial charge on any atom is -0.291 e. The number of benzene rings is 1. The van der Waals surface area contributed by atoms with Crippen LogP contribution in [-0.2, 0) is 16.2 Å². The number of anilines is 1. The molecular weight excluding hydrogens is 403 g/mol. The van der Waals surface area contributed by atoms with Crippen LogP contribution in [0.4, 0.5) is 19.0 Å². The molecule has 0 spiro atoms. The fourth-order valence-electron chi connectivity index (χ4n) is 2.55. The lowest BCUT2D eigenvalue weighted by atomic mass is 10.1. The van der Waals surface area contributed by atoms with Crippen LogP contribution in [0.15, 0.2) is 48.7 Å². The highest BCUT2D eigenvalue weighted by atomic mass is 32.2. The molecular formula is C20H18F3N3O2S. The Labute approximate surface area is 166 Å². The number of nitrogens with one attached hydrogen (secondary N) is 1. The molecule has 152 valence electrons. The van der Waals surface area contributed by atoms with Crippen LogP contribution in [0.1, 0.15) is 37.1 Å². The number of alkyl halides is 3. The fourth-order valence-corrected chi connectivity index (χ4v) is 3.60. The van der Waals surface area contributed by atoms with Gasteiger partial charge in [0.1, 0.15) is 11.3 Å².